The van der Waals surface area contributed by atoms with Crippen molar-refractivity contribution < 1.29 is 23.4 Å². The van der Waals surface area contributed by atoms with E-state index in [-0.39, 0.29) is 11.7 Å². The zero-order chi connectivity index (χ0) is 21.1. The van der Waals surface area contributed by atoms with E-state index in [4.69, 9.17) is 18.6 Å². The number of carbonyl (C=O) groups is 1. The third-order valence-corrected chi connectivity index (χ3v) is 4.93. The van der Waals surface area contributed by atoms with Gasteiger partial charge in [0.05, 0.1) is 33.2 Å². The Hall–Kier alpha value is -3.62. The van der Waals surface area contributed by atoms with Gasteiger partial charge in [-0.05, 0) is 25.0 Å². The third-order valence-electron chi connectivity index (χ3n) is 4.93. The van der Waals surface area contributed by atoms with E-state index < -0.39 is 11.5 Å². The topological polar surface area (TPSA) is 104 Å². The number of benzene rings is 1. The molecular weight excluding hydrogens is 390 g/mol. The Balaban J connectivity index is 1.54. The second-order valence-electron chi connectivity index (χ2n) is 6.86. The third kappa shape index (κ3) is 3.91. The van der Waals surface area contributed by atoms with Gasteiger partial charge in [-0.3, -0.25) is 9.78 Å². The second-order valence-corrected chi connectivity index (χ2v) is 6.86. The zero-order valence-electron chi connectivity index (χ0n) is 16.7. The molecule has 2 aromatic heterocycles. The highest BCUT2D eigenvalue weighted by molar-refractivity contribution is 5.97. The SMILES string of the molecule is COc1cncc(OC2CCCN(C(=O)c3cc4cccc(OC)c4oc3=O)C2)n1. The van der Waals surface area contributed by atoms with Crippen molar-refractivity contribution in [3.05, 3.63) is 52.6 Å². The first-order chi connectivity index (χ1) is 14.6. The van der Waals surface area contributed by atoms with Gasteiger partial charge in [-0.2, -0.15) is 4.98 Å². The van der Waals surface area contributed by atoms with E-state index in [0.29, 0.717) is 41.6 Å². The van der Waals surface area contributed by atoms with Crippen molar-refractivity contribution in [3.63, 3.8) is 0 Å². The summed E-state index contributed by atoms with van der Waals surface area (Å²) in [6.45, 7) is 0.853. The first-order valence-corrected chi connectivity index (χ1v) is 9.52. The summed E-state index contributed by atoms with van der Waals surface area (Å²) in [4.78, 5) is 35.4. The Kier molecular flexibility index (Phi) is 5.51. The number of nitrogens with zero attached hydrogens (tertiary/aromatic N) is 3. The van der Waals surface area contributed by atoms with Crippen LogP contribution >= 0.6 is 0 Å². The van der Waals surface area contributed by atoms with Crippen molar-refractivity contribution in [2.45, 2.75) is 18.9 Å². The Morgan fingerprint density at radius 1 is 1.20 bits per heavy atom. The molecule has 1 aliphatic heterocycles. The molecule has 30 heavy (non-hydrogen) atoms. The zero-order valence-corrected chi connectivity index (χ0v) is 16.7. The minimum absolute atomic E-state index is 0.0161. The molecule has 1 unspecified atom stereocenters. The van der Waals surface area contributed by atoms with Gasteiger partial charge in [0.2, 0.25) is 11.8 Å². The predicted octanol–water partition coefficient (Wildman–Crippen LogP) is 2.28. The summed E-state index contributed by atoms with van der Waals surface area (Å²) in [6.07, 6.45) is 4.20. The van der Waals surface area contributed by atoms with Crippen LogP contribution < -0.4 is 19.8 Å². The fraction of sp³-hybridized carbons (Fsp3) is 0.333. The summed E-state index contributed by atoms with van der Waals surface area (Å²) in [6, 6.07) is 6.78. The highest BCUT2D eigenvalue weighted by Crippen LogP contribution is 2.25. The Morgan fingerprint density at radius 3 is 2.83 bits per heavy atom. The standard InChI is InChI=1S/C21H21N3O6/c1-27-16-7-3-5-13-9-15(21(26)30-19(13)16)20(25)24-8-4-6-14(12-24)29-18-11-22-10-17(23-18)28-2/h3,5,7,9-11,14H,4,6,8,12H2,1-2H3. The number of rotatable bonds is 5. The lowest BCUT2D eigenvalue weighted by Gasteiger charge is -2.32. The van der Waals surface area contributed by atoms with Crippen LogP contribution in [0.25, 0.3) is 11.0 Å². The lowest BCUT2D eigenvalue weighted by atomic mass is 10.1. The van der Waals surface area contributed by atoms with Crippen LogP contribution in [0.2, 0.25) is 0 Å². The van der Waals surface area contributed by atoms with Crippen LogP contribution in [0.1, 0.15) is 23.2 Å². The molecule has 156 valence electrons. The van der Waals surface area contributed by atoms with Gasteiger partial charge in [0.25, 0.3) is 5.91 Å². The number of hydrogen-bond acceptors (Lipinski definition) is 8. The van der Waals surface area contributed by atoms with Crippen LogP contribution in [-0.4, -0.2) is 54.2 Å². The van der Waals surface area contributed by atoms with Gasteiger partial charge in [-0.25, -0.2) is 4.79 Å². The molecule has 3 aromatic rings. The molecule has 1 aliphatic rings. The number of hydrogen-bond donors (Lipinski definition) is 0. The molecule has 4 rings (SSSR count). The maximum Gasteiger partial charge on any atom is 0.349 e. The molecule has 1 aromatic carbocycles. The van der Waals surface area contributed by atoms with Gasteiger partial charge in [-0.15, -0.1) is 0 Å². The number of para-hydroxylation sites is 1. The lowest BCUT2D eigenvalue weighted by Crippen LogP contribution is -2.45. The second kappa shape index (κ2) is 8.40. The van der Waals surface area contributed by atoms with Gasteiger partial charge in [0.15, 0.2) is 11.3 Å². The molecule has 1 saturated heterocycles. The molecule has 0 spiro atoms. The number of likely N-dealkylation sites (tertiary alicyclic amines) is 1. The molecule has 1 fully saturated rings. The van der Waals surface area contributed by atoms with E-state index in [9.17, 15) is 9.59 Å². The number of amides is 1. The fourth-order valence-corrected chi connectivity index (χ4v) is 3.47. The highest BCUT2D eigenvalue weighted by Gasteiger charge is 2.28. The number of methoxy groups -OCH3 is 2. The van der Waals surface area contributed by atoms with Crippen molar-refractivity contribution in [1.29, 1.82) is 0 Å². The van der Waals surface area contributed by atoms with Gasteiger partial charge in [0.1, 0.15) is 11.7 Å². The average Bonchev–Trinajstić information content (AvgIpc) is 2.78. The van der Waals surface area contributed by atoms with Crippen LogP contribution in [0, 0.1) is 0 Å². The molecular formula is C21H21N3O6. The Bertz CT molecular complexity index is 1130. The minimum atomic E-state index is -0.696. The largest absolute Gasteiger partial charge is 0.493 e. The van der Waals surface area contributed by atoms with Crippen LogP contribution in [0.4, 0.5) is 0 Å². The number of fused-ring (bicyclic) bond motifs is 1. The van der Waals surface area contributed by atoms with Crippen molar-refractivity contribution >= 4 is 16.9 Å². The summed E-state index contributed by atoms with van der Waals surface area (Å²) in [5, 5.41) is 0.619. The quantitative estimate of drug-likeness (QED) is 0.589. The Morgan fingerprint density at radius 2 is 2.03 bits per heavy atom. The summed E-state index contributed by atoms with van der Waals surface area (Å²) < 4.78 is 21.5. The molecule has 0 bridgehead atoms. The molecule has 9 nitrogen and oxygen atoms in total. The van der Waals surface area contributed by atoms with Gasteiger partial charge >= 0.3 is 5.63 Å². The smallest absolute Gasteiger partial charge is 0.349 e. The van der Waals surface area contributed by atoms with E-state index in [1.165, 1.54) is 26.6 Å². The first kappa shape index (κ1) is 19.7. The van der Waals surface area contributed by atoms with Crippen LogP contribution in [0.15, 0.2) is 45.9 Å². The average molecular weight is 411 g/mol. The van der Waals surface area contributed by atoms with Crippen molar-refractivity contribution in [3.8, 4) is 17.5 Å². The first-order valence-electron chi connectivity index (χ1n) is 9.52. The molecule has 0 aliphatic carbocycles. The highest BCUT2D eigenvalue weighted by atomic mass is 16.5. The summed E-state index contributed by atoms with van der Waals surface area (Å²) in [7, 11) is 2.99. The van der Waals surface area contributed by atoms with Gasteiger partial charge in [-0.1, -0.05) is 12.1 Å². The molecule has 0 radical (unpaired) electrons. The van der Waals surface area contributed by atoms with E-state index in [1.807, 2.05) is 0 Å². The normalized spacial score (nSPS) is 16.3. The molecule has 9 heteroatoms. The summed E-state index contributed by atoms with van der Waals surface area (Å²) in [5.74, 6) is 0.722. The summed E-state index contributed by atoms with van der Waals surface area (Å²) in [5.41, 5.74) is -0.394. The van der Waals surface area contributed by atoms with E-state index in [1.54, 1.807) is 29.2 Å². The monoisotopic (exact) mass is 411 g/mol. The van der Waals surface area contributed by atoms with Gasteiger partial charge < -0.3 is 23.5 Å². The summed E-state index contributed by atoms with van der Waals surface area (Å²) >= 11 is 0. The predicted molar refractivity (Wildman–Crippen MR) is 107 cm³/mol. The van der Waals surface area contributed by atoms with Crippen molar-refractivity contribution in [2.75, 3.05) is 27.3 Å². The van der Waals surface area contributed by atoms with E-state index in [2.05, 4.69) is 9.97 Å². The van der Waals surface area contributed by atoms with E-state index in [0.717, 1.165) is 12.8 Å². The number of aromatic nitrogens is 2. The molecule has 3 heterocycles. The maximum absolute atomic E-state index is 13.0. The molecule has 0 saturated carbocycles. The van der Waals surface area contributed by atoms with Crippen LogP contribution in [0.3, 0.4) is 0 Å². The number of ether oxygens (including phenoxy) is 3. The molecule has 1 amide bonds. The van der Waals surface area contributed by atoms with Crippen LogP contribution in [0.5, 0.6) is 17.5 Å². The molecule has 0 N–H and O–H groups in total. The fourth-order valence-electron chi connectivity index (χ4n) is 3.47. The number of carbonyl (C=O) groups excluding carboxylic acids is 1. The van der Waals surface area contributed by atoms with Crippen LogP contribution in [-0.2, 0) is 0 Å². The Labute approximate surface area is 172 Å². The number of piperidine rings is 1. The minimum Gasteiger partial charge on any atom is -0.493 e. The van der Waals surface area contributed by atoms with E-state index >= 15 is 0 Å². The molecule has 1 atom stereocenters. The van der Waals surface area contributed by atoms with Crippen molar-refractivity contribution in [2.24, 2.45) is 0 Å². The van der Waals surface area contributed by atoms with Gasteiger partial charge in [0, 0.05) is 11.9 Å². The van der Waals surface area contributed by atoms with Crippen molar-refractivity contribution in [1.82, 2.24) is 14.9 Å². The maximum atomic E-state index is 13.0. The lowest BCUT2D eigenvalue weighted by molar-refractivity contribution is 0.0521.